The Kier molecular flexibility index (Phi) is 4.37. The van der Waals surface area contributed by atoms with Crippen LogP contribution in [0.4, 0.5) is 13.2 Å². The SMILES string of the molecule is CO[Si](OC)(OC(F)(F)F)C(C)C. The highest BCUT2D eigenvalue weighted by Crippen LogP contribution is 2.30. The molecule has 0 amide bonds. The summed E-state index contributed by atoms with van der Waals surface area (Å²) in [5.74, 6) is 0. The molecule has 0 fully saturated rings. The topological polar surface area (TPSA) is 27.7 Å². The summed E-state index contributed by atoms with van der Waals surface area (Å²) < 4.78 is 49.1. The summed E-state index contributed by atoms with van der Waals surface area (Å²) in [7, 11) is -1.27. The predicted molar refractivity (Wildman–Crippen MR) is 42.0 cm³/mol. The lowest BCUT2D eigenvalue weighted by Gasteiger charge is -2.30. The van der Waals surface area contributed by atoms with Gasteiger partial charge in [0.1, 0.15) is 0 Å². The zero-order valence-electron chi connectivity index (χ0n) is 7.94. The first kappa shape index (κ1) is 12.9. The molecule has 0 radical (unpaired) electrons. The van der Waals surface area contributed by atoms with Gasteiger partial charge in [-0.25, -0.2) is 0 Å². The molecule has 0 atom stereocenters. The Labute approximate surface area is 76.2 Å². The van der Waals surface area contributed by atoms with Crippen LogP contribution in [-0.4, -0.2) is 29.4 Å². The molecule has 0 N–H and O–H groups in total. The molecule has 3 nitrogen and oxygen atoms in total. The molecule has 0 unspecified atom stereocenters. The van der Waals surface area contributed by atoms with Crippen LogP contribution >= 0.6 is 0 Å². The number of halogens is 3. The van der Waals surface area contributed by atoms with Crippen molar-refractivity contribution in [2.24, 2.45) is 0 Å². The fourth-order valence-corrected chi connectivity index (χ4v) is 2.75. The van der Waals surface area contributed by atoms with E-state index in [2.05, 4.69) is 4.43 Å². The van der Waals surface area contributed by atoms with E-state index >= 15 is 0 Å². The lowest BCUT2D eigenvalue weighted by atomic mass is 10.6. The van der Waals surface area contributed by atoms with E-state index < -0.39 is 20.7 Å². The van der Waals surface area contributed by atoms with Crippen LogP contribution in [0.25, 0.3) is 0 Å². The molecule has 0 aromatic heterocycles. The van der Waals surface area contributed by atoms with Crippen molar-refractivity contribution in [1.82, 2.24) is 0 Å². The van der Waals surface area contributed by atoms with E-state index in [1.807, 2.05) is 0 Å². The minimum absolute atomic E-state index is 0.441. The van der Waals surface area contributed by atoms with Gasteiger partial charge in [0, 0.05) is 19.8 Å². The average Bonchev–Trinajstić information content (AvgIpc) is 1.98. The first-order valence-electron chi connectivity index (χ1n) is 3.64. The van der Waals surface area contributed by atoms with Gasteiger partial charge in [-0.1, -0.05) is 13.8 Å². The van der Waals surface area contributed by atoms with Crippen molar-refractivity contribution in [3.8, 4) is 0 Å². The zero-order chi connectivity index (χ0) is 10.7. The van der Waals surface area contributed by atoms with Crippen molar-refractivity contribution in [2.45, 2.75) is 25.8 Å². The first-order valence-corrected chi connectivity index (χ1v) is 5.45. The van der Waals surface area contributed by atoms with Crippen molar-refractivity contribution in [3.63, 3.8) is 0 Å². The molecular weight excluding hydrogens is 205 g/mol. The molecule has 0 aliphatic carbocycles. The maximum Gasteiger partial charge on any atom is 0.516 e. The van der Waals surface area contributed by atoms with Crippen molar-refractivity contribution in [3.05, 3.63) is 0 Å². The largest absolute Gasteiger partial charge is 0.516 e. The summed E-state index contributed by atoms with van der Waals surface area (Å²) >= 11 is 0. The fourth-order valence-electron chi connectivity index (χ4n) is 0.917. The summed E-state index contributed by atoms with van der Waals surface area (Å²) in [6.07, 6.45) is -4.72. The molecule has 0 aromatic carbocycles. The quantitative estimate of drug-likeness (QED) is 0.677. The molecule has 0 spiro atoms. The summed E-state index contributed by atoms with van der Waals surface area (Å²) in [4.78, 5) is 0. The number of alkyl halides is 3. The highest BCUT2D eigenvalue weighted by atomic mass is 28.4. The summed E-state index contributed by atoms with van der Waals surface area (Å²) in [5.41, 5.74) is -0.441. The van der Waals surface area contributed by atoms with E-state index in [9.17, 15) is 13.2 Å². The van der Waals surface area contributed by atoms with Crippen LogP contribution in [-0.2, 0) is 13.3 Å². The second-order valence-corrected chi connectivity index (χ2v) is 6.10. The lowest BCUT2D eigenvalue weighted by molar-refractivity contribution is -0.296. The minimum atomic E-state index is -4.72. The third-order valence-corrected chi connectivity index (χ3v) is 4.60. The average molecular weight is 218 g/mol. The van der Waals surface area contributed by atoms with Gasteiger partial charge in [0.2, 0.25) is 0 Å². The van der Waals surface area contributed by atoms with E-state index in [-0.39, 0.29) is 0 Å². The maximum absolute atomic E-state index is 11.9. The lowest BCUT2D eigenvalue weighted by Crippen LogP contribution is -2.50. The van der Waals surface area contributed by atoms with E-state index in [1.54, 1.807) is 13.8 Å². The molecule has 0 rings (SSSR count). The van der Waals surface area contributed by atoms with Gasteiger partial charge in [0.15, 0.2) is 0 Å². The third kappa shape index (κ3) is 3.63. The van der Waals surface area contributed by atoms with Crippen molar-refractivity contribution >= 4 is 8.80 Å². The van der Waals surface area contributed by atoms with Gasteiger partial charge in [0.05, 0.1) is 0 Å². The standard InChI is InChI=1S/C6H13F3O3Si/c1-5(2)13(10-3,11-4)12-6(7,8)9/h5H,1-4H3. The Hall–Kier alpha value is -0.113. The molecule has 0 bridgehead atoms. The second kappa shape index (κ2) is 4.40. The Morgan fingerprint density at radius 3 is 1.54 bits per heavy atom. The Bertz CT molecular complexity index is 156. The van der Waals surface area contributed by atoms with Crippen LogP contribution in [0.2, 0.25) is 5.54 Å². The highest BCUT2D eigenvalue weighted by Gasteiger charge is 2.52. The molecule has 80 valence electrons. The molecule has 0 saturated carbocycles. The van der Waals surface area contributed by atoms with Gasteiger partial charge in [-0.2, -0.15) is 0 Å². The van der Waals surface area contributed by atoms with Gasteiger partial charge in [-0.3, -0.25) is 4.43 Å². The van der Waals surface area contributed by atoms with E-state index in [1.165, 1.54) is 0 Å². The van der Waals surface area contributed by atoms with Crippen LogP contribution in [0.3, 0.4) is 0 Å². The molecule has 13 heavy (non-hydrogen) atoms. The fraction of sp³-hybridized carbons (Fsp3) is 1.00. The minimum Gasteiger partial charge on any atom is -0.377 e. The third-order valence-electron chi connectivity index (χ3n) is 1.53. The van der Waals surface area contributed by atoms with Crippen LogP contribution in [0.5, 0.6) is 0 Å². The Morgan fingerprint density at radius 2 is 1.46 bits per heavy atom. The molecule has 0 aromatic rings. The van der Waals surface area contributed by atoms with Crippen LogP contribution in [0.1, 0.15) is 13.8 Å². The highest BCUT2D eigenvalue weighted by molar-refractivity contribution is 6.62. The van der Waals surface area contributed by atoms with Crippen molar-refractivity contribution < 1.29 is 26.4 Å². The number of hydrogen-bond donors (Lipinski definition) is 0. The van der Waals surface area contributed by atoms with Crippen LogP contribution in [0.15, 0.2) is 0 Å². The molecule has 0 saturated heterocycles. The smallest absolute Gasteiger partial charge is 0.377 e. The Balaban J connectivity index is 4.58. The van der Waals surface area contributed by atoms with Gasteiger partial charge in [-0.05, 0) is 0 Å². The molecular formula is C6H13F3O3Si. The first-order chi connectivity index (χ1) is 5.77. The van der Waals surface area contributed by atoms with E-state index in [0.717, 1.165) is 14.2 Å². The van der Waals surface area contributed by atoms with Gasteiger partial charge in [0.25, 0.3) is 0 Å². The van der Waals surface area contributed by atoms with Crippen LogP contribution in [0, 0.1) is 0 Å². The van der Waals surface area contributed by atoms with E-state index in [4.69, 9.17) is 8.85 Å². The van der Waals surface area contributed by atoms with E-state index in [0.29, 0.717) is 0 Å². The second-order valence-electron chi connectivity index (χ2n) is 2.71. The van der Waals surface area contributed by atoms with Crippen LogP contribution < -0.4 is 0 Å². The number of rotatable bonds is 4. The molecule has 0 aliphatic heterocycles. The maximum atomic E-state index is 11.9. The monoisotopic (exact) mass is 218 g/mol. The van der Waals surface area contributed by atoms with Gasteiger partial charge in [-0.15, -0.1) is 13.2 Å². The van der Waals surface area contributed by atoms with Gasteiger partial charge >= 0.3 is 15.2 Å². The normalized spacial score (nSPS) is 13.8. The van der Waals surface area contributed by atoms with Gasteiger partial charge < -0.3 is 8.85 Å². The van der Waals surface area contributed by atoms with Crippen molar-refractivity contribution in [2.75, 3.05) is 14.2 Å². The molecule has 7 heteroatoms. The summed E-state index contributed by atoms with van der Waals surface area (Å²) in [6.45, 7) is 3.12. The van der Waals surface area contributed by atoms with Crippen molar-refractivity contribution in [1.29, 1.82) is 0 Å². The molecule has 0 heterocycles. The summed E-state index contributed by atoms with van der Waals surface area (Å²) in [5, 5.41) is 0. The predicted octanol–water partition coefficient (Wildman–Crippen LogP) is 2.16. The number of hydrogen-bond acceptors (Lipinski definition) is 3. The molecule has 0 aliphatic rings. The summed E-state index contributed by atoms with van der Waals surface area (Å²) in [6, 6.07) is 0. The zero-order valence-corrected chi connectivity index (χ0v) is 8.94. The Morgan fingerprint density at radius 1 is 1.08 bits per heavy atom.